The van der Waals surface area contributed by atoms with Gasteiger partial charge in [-0.2, -0.15) is 0 Å². The fraction of sp³-hybridized carbons (Fsp3) is 0.133. The van der Waals surface area contributed by atoms with Crippen LogP contribution in [0, 0.1) is 12.7 Å². The molecule has 0 heterocycles. The van der Waals surface area contributed by atoms with Crippen LogP contribution < -0.4 is 10.5 Å². The normalized spacial score (nSPS) is 10.2. The fourth-order valence-electron chi connectivity index (χ4n) is 1.78. The van der Waals surface area contributed by atoms with E-state index in [-0.39, 0.29) is 12.4 Å². The van der Waals surface area contributed by atoms with Gasteiger partial charge in [0.2, 0.25) is 0 Å². The van der Waals surface area contributed by atoms with Crippen molar-refractivity contribution in [2.45, 2.75) is 13.5 Å². The first-order chi connectivity index (χ1) is 9.08. The third-order valence-electron chi connectivity index (χ3n) is 2.82. The second-order valence-corrected chi connectivity index (χ2v) is 4.66. The molecule has 0 bridgehead atoms. The maximum Gasteiger partial charge on any atom is 0.129 e. The zero-order valence-corrected chi connectivity index (χ0v) is 11.3. The van der Waals surface area contributed by atoms with Crippen molar-refractivity contribution in [1.82, 2.24) is 0 Å². The molecular formula is C15H14FNOS. The monoisotopic (exact) mass is 275 g/mol. The molecule has 0 fully saturated rings. The standard InChI is InChI=1S/C15H14FNOS/c1-10-8-12(6-7-13(10)15(17)19)18-9-11-4-2-3-5-14(11)16/h2-8H,9H2,1H3,(H2,17,19). The van der Waals surface area contributed by atoms with Crippen LogP contribution in [0.1, 0.15) is 16.7 Å². The van der Waals surface area contributed by atoms with Crippen molar-refractivity contribution in [3.05, 3.63) is 65.0 Å². The van der Waals surface area contributed by atoms with E-state index in [1.54, 1.807) is 24.3 Å². The molecule has 19 heavy (non-hydrogen) atoms. The zero-order chi connectivity index (χ0) is 13.8. The van der Waals surface area contributed by atoms with Crippen molar-refractivity contribution >= 4 is 17.2 Å². The van der Waals surface area contributed by atoms with Gasteiger partial charge in [-0.25, -0.2) is 4.39 Å². The third-order valence-corrected chi connectivity index (χ3v) is 3.04. The summed E-state index contributed by atoms with van der Waals surface area (Å²) in [7, 11) is 0. The molecule has 2 aromatic carbocycles. The van der Waals surface area contributed by atoms with Crippen molar-refractivity contribution in [3.63, 3.8) is 0 Å². The van der Waals surface area contributed by atoms with Crippen molar-refractivity contribution in [2.75, 3.05) is 0 Å². The molecule has 0 aliphatic heterocycles. The maximum atomic E-state index is 13.4. The van der Waals surface area contributed by atoms with Gasteiger partial charge in [-0.3, -0.25) is 0 Å². The zero-order valence-electron chi connectivity index (χ0n) is 10.5. The van der Waals surface area contributed by atoms with Crippen LogP contribution >= 0.6 is 12.2 Å². The summed E-state index contributed by atoms with van der Waals surface area (Å²) in [6.45, 7) is 2.10. The smallest absolute Gasteiger partial charge is 0.129 e. The summed E-state index contributed by atoms with van der Waals surface area (Å²) in [6.07, 6.45) is 0. The van der Waals surface area contributed by atoms with Crippen LogP contribution in [0.15, 0.2) is 42.5 Å². The fourth-order valence-corrected chi connectivity index (χ4v) is 2.01. The highest BCUT2D eigenvalue weighted by atomic mass is 32.1. The van der Waals surface area contributed by atoms with Gasteiger partial charge in [0.25, 0.3) is 0 Å². The van der Waals surface area contributed by atoms with Crippen LogP contribution in [0.4, 0.5) is 4.39 Å². The minimum absolute atomic E-state index is 0.193. The lowest BCUT2D eigenvalue weighted by Gasteiger charge is -2.10. The van der Waals surface area contributed by atoms with Gasteiger partial charge in [0.15, 0.2) is 0 Å². The highest BCUT2D eigenvalue weighted by molar-refractivity contribution is 7.80. The molecule has 98 valence electrons. The Kier molecular flexibility index (Phi) is 4.12. The SMILES string of the molecule is Cc1cc(OCc2ccccc2F)ccc1C(N)=S. The number of ether oxygens (including phenoxy) is 1. The van der Waals surface area contributed by atoms with Gasteiger partial charge in [0.1, 0.15) is 23.2 Å². The van der Waals surface area contributed by atoms with Crippen LogP contribution in [0.3, 0.4) is 0 Å². The average Bonchev–Trinajstić information content (AvgIpc) is 2.37. The van der Waals surface area contributed by atoms with Crippen molar-refractivity contribution in [1.29, 1.82) is 0 Å². The lowest BCUT2D eigenvalue weighted by atomic mass is 10.1. The van der Waals surface area contributed by atoms with E-state index in [0.29, 0.717) is 16.3 Å². The number of halogens is 1. The van der Waals surface area contributed by atoms with Gasteiger partial charge < -0.3 is 10.5 Å². The highest BCUT2D eigenvalue weighted by Crippen LogP contribution is 2.19. The first-order valence-electron chi connectivity index (χ1n) is 5.84. The largest absolute Gasteiger partial charge is 0.489 e. The van der Waals surface area contributed by atoms with E-state index < -0.39 is 0 Å². The highest BCUT2D eigenvalue weighted by Gasteiger charge is 2.05. The Morgan fingerprint density at radius 3 is 2.63 bits per heavy atom. The number of hydrogen-bond acceptors (Lipinski definition) is 2. The van der Waals surface area contributed by atoms with Gasteiger partial charge in [0.05, 0.1) is 0 Å². The Morgan fingerprint density at radius 2 is 2.00 bits per heavy atom. The predicted molar refractivity (Wildman–Crippen MR) is 77.8 cm³/mol. The molecule has 0 aromatic heterocycles. The number of thiocarbonyl (C=S) groups is 1. The molecule has 2 aromatic rings. The average molecular weight is 275 g/mol. The number of benzene rings is 2. The molecule has 2 nitrogen and oxygen atoms in total. The van der Waals surface area contributed by atoms with Gasteiger partial charge in [-0.05, 0) is 36.8 Å². The van der Waals surface area contributed by atoms with Crippen LogP contribution in [-0.2, 0) is 6.61 Å². The van der Waals surface area contributed by atoms with E-state index in [4.69, 9.17) is 22.7 Å². The summed E-state index contributed by atoms with van der Waals surface area (Å²) in [5.74, 6) is 0.403. The number of hydrogen-bond donors (Lipinski definition) is 1. The Balaban J connectivity index is 2.11. The molecular weight excluding hydrogens is 261 g/mol. The molecule has 0 aliphatic carbocycles. The number of aryl methyl sites for hydroxylation is 1. The molecule has 0 unspecified atom stereocenters. The summed E-state index contributed by atoms with van der Waals surface area (Å²) >= 11 is 4.94. The van der Waals surface area contributed by atoms with Gasteiger partial charge in [0, 0.05) is 11.1 Å². The van der Waals surface area contributed by atoms with Crippen molar-refractivity contribution in [3.8, 4) is 5.75 Å². The molecule has 0 saturated carbocycles. The van der Waals surface area contributed by atoms with E-state index in [0.717, 1.165) is 11.1 Å². The predicted octanol–water partition coefficient (Wildman–Crippen LogP) is 3.35. The topological polar surface area (TPSA) is 35.2 Å². The molecule has 0 radical (unpaired) electrons. The third kappa shape index (κ3) is 3.29. The second-order valence-electron chi connectivity index (χ2n) is 4.22. The molecule has 0 spiro atoms. The summed E-state index contributed by atoms with van der Waals surface area (Å²) in [5, 5.41) is 0. The Hall–Kier alpha value is -1.94. The van der Waals surface area contributed by atoms with Crippen LogP contribution in [-0.4, -0.2) is 4.99 Å². The number of nitrogens with two attached hydrogens (primary N) is 1. The lowest BCUT2D eigenvalue weighted by Crippen LogP contribution is -2.11. The Bertz CT molecular complexity index is 613. The van der Waals surface area contributed by atoms with Crippen molar-refractivity contribution < 1.29 is 9.13 Å². The minimum atomic E-state index is -0.265. The molecule has 0 saturated heterocycles. The lowest BCUT2D eigenvalue weighted by molar-refractivity contribution is 0.299. The van der Waals surface area contributed by atoms with E-state index in [1.807, 2.05) is 19.1 Å². The maximum absolute atomic E-state index is 13.4. The van der Waals surface area contributed by atoms with Gasteiger partial charge >= 0.3 is 0 Å². The second kappa shape index (κ2) is 5.80. The Labute approximate surface area is 117 Å². The van der Waals surface area contributed by atoms with E-state index >= 15 is 0 Å². The first-order valence-corrected chi connectivity index (χ1v) is 6.25. The summed E-state index contributed by atoms with van der Waals surface area (Å²) in [4.78, 5) is 0.359. The van der Waals surface area contributed by atoms with Crippen LogP contribution in [0.25, 0.3) is 0 Å². The molecule has 0 atom stereocenters. The van der Waals surface area contributed by atoms with E-state index in [9.17, 15) is 4.39 Å². The first kappa shape index (κ1) is 13.5. The van der Waals surface area contributed by atoms with Crippen LogP contribution in [0.2, 0.25) is 0 Å². The quantitative estimate of drug-likeness (QED) is 0.869. The van der Waals surface area contributed by atoms with E-state index in [1.165, 1.54) is 6.07 Å². The Morgan fingerprint density at radius 1 is 1.26 bits per heavy atom. The van der Waals surface area contributed by atoms with Gasteiger partial charge in [-0.1, -0.05) is 30.4 Å². The molecule has 2 N–H and O–H groups in total. The minimum Gasteiger partial charge on any atom is -0.489 e. The molecule has 2 rings (SSSR count). The molecule has 0 amide bonds. The summed E-state index contributed by atoms with van der Waals surface area (Å²) in [5.41, 5.74) is 7.89. The van der Waals surface area contributed by atoms with Crippen molar-refractivity contribution in [2.24, 2.45) is 5.73 Å². The summed E-state index contributed by atoms with van der Waals surface area (Å²) in [6, 6.07) is 12.0. The van der Waals surface area contributed by atoms with E-state index in [2.05, 4.69) is 0 Å². The van der Waals surface area contributed by atoms with Gasteiger partial charge in [-0.15, -0.1) is 0 Å². The molecule has 4 heteroatoms. The number of rotatable bonds is 4. The summed E-state index contributed by atoms with van der Waals surface area (Å²) < 4.78 is 19.0. The van der Waals surface area contributed by atoms with Crippen LogP contribution in [0.5, 0.6) is 5.75 Å². The molecule has 0 aliphatic rings.